The minimum Gasteiger partial charge on any atom is -0.453 e. The quantitative estimate of drug-likeness (QED) is 0.161. The fraction of sp³-hybridized carbons (Fsp3) is 0. The topological polar surface area (TPSA) is 64.0 Å². The van der Waals surface area contributed by atoms with Crippen LogP contribution in [0.2, 0.25) is 0 Å². The molecule has 0 atom stereocenters. The van der Waals surface area contributed by atoms with Crippen LogP contribution in [0.5, 0.6) is 11.5 Å². The van der Waals surface area contributed by atoms with Gasteiger partial charge in [0.15, 0.2) is 23.1 Å². The van der Waals surface area contributed by atoms with Gasteiger partial charge < -0.3 is 9.64 Å². The molecular formula is C54H35N5O. The van der Waals surface area contributed by atoms with Gasteiger partial charge in [-0.2, -0.15) is 0 Å². The fourth-order valence-electron chi connectivity index (χ4n) is 7.95. The molecule has 3 heterocycles. The maximum atomic E-state index is 6.39. The summed E-state index contributed by atoms with van der Waals surface area (Å²) in [5, 5.41) is 2.00. The Morgan fingerprint density at radius 1 is 0.333 bits per heavy atom. The van der Waals surface area contributed by atoms with Crippen LogP contribution in [0.1, 0.15) is 0 Å². The van der Waals surface area contributed by atoms with Gasteiger partial charge in [0.05, 0.1) is 34.2 Å². The lowest BCUT2D eigenvalue weighted by Crippen LogP contribution is -2.15. The summed E-state index contributed by atoms with van der Waals surface area (Å²) < 4.78 is 6.39. The van der Waals surface area contributed by atoms with Crippen LogP contribution < -0.4 is 9.64 Å². The second-order valence-corrected chi connectivity index (χ2v) is 14.7. The summed E-state index contributed by atoms with van der Waals surface area (Å²) in [7, 11) is 0. The third-order valence-electron chi connectivity index (χ3n) is 10.9. The lowest BCUT2D eigenvalue weighted by molar-refractivity contribution is 0.477. The Morgan fingerprint density at radius 3 is 1.22 bits per heavy atom. The summed E-state index contributed by atoms with van der Waals surface area (Å²) in [6.45, 7) is 0. The molecule has 60 heavy (non-hydrogen) atoms. The molecule has 0 spiro atoms. The molecule has 0 N–H and O–H groups in total. The molecule has 0 amide bonds. The third-order valence-corrected chi connectivity index (χ3v) is 10.9. The van der Waals surface area contributed by atoms with E-state index in [2.05, 4.69) is 108 Å². The number of hydrogen-bond donors (Lipinski definition) is 0. The Morgan fingerprint density at radius 2 is 0.750 bits per heavy atom. The van der Waals surface area contributed by atoms with E-state index in [-0.39, 0.29) is 0 Å². The predicted molar refractivity (Wildman–Crippen MR) is 243 cm³/mol. The Balaban J connectivity index is 1.18. The number of aromatic nitrogens is 4. The zero-order chi connectivity index (χ0) is 39.8. The highest BCUT2D eigenvalue weighted by Crippen LogP contribution is 2.51. The van der Waals surface area contributed by atoms with E-state index >= 15 is 0 Å². The number of rotatable bonds is 7. The van der Waals surface area contributed by atoms with Crippen molar-refractivity contribution in [2.45, 2.75) is 0 Å². The summed E-state index contributed by atoms with van der Waals surface area (Å²) in [6.07, 6.45) is 0. The van der Waals surface area contributed by atoms with Crippen LogP contribution in [0.3, 0.4) is 0 Å². The van der Waals surface area contributed by atoms with E-state index in [1.807, 2.05) is 109 Å². The summed E-state index contributed by atoms with van der Waals surface area (Å²) in [6, 6.07) is 72.5. The molecule has 0 fully saturated rings. The standard InChI is InChI=1S/C54H35N5O/c1-5-17-36(18-6-1)45-34-46(37-19-7-2-8-20-37)56-53(55-45)41-31-40-29-30-42(59-49-25-13-15-27-51(49)60-52-28-16-14-26-50(52)59)33-43(40)44(32-41)54-57-47(38-21-9-3-10-22-38)35-48(58-54)39-23-11-4-12-24-39/h1-35H. The molecule has 1 aliphatic rings. The van der Waals surface area contributed by atoms with Crippen molar-refractivity contribution in [2.24, 2.45) is 0 Å². The number of benzene rings is 8. The van der Waals surface area contributed by atoms with Crippen molar-refractivity contribution in [3.8, 4) is 79.3 Å². The molecule has 0 saturated carbocycles. The normalized spacial score (nSPS) is 11.8. The van der Waals surface area contributed by atoms with Crippen molar-refractivity contribution in [1.29, 1.82) is 0 Å². The lowest BCUT2D eigenvalue weighted by atomic mass is 9.97. The summed E-state index contributed by atoms with van der Waals surface area (Å²) in [5.41, 5.74) is 12.0. The van der Waals surface area contributed by atoms with Crippen molar-refractivity contribution in [3.63, 3.8) is 0 Å². The highest BCUT2D eigenvalue weighted by Gasteiger charge is 2.26. The van der Waals surface area contributed by atoms with Gasteiger partial charge in [0.2, 0.25) is 0 Å². The van der Waals surface area contributed by atoms with Gasteiger partial charge in [0.25, 0.3) is 0 Å². The molecule has 6 heteroatoms. The van der Waals surface area contributed by atoms with Gasteiger partial charge in [0.1, 0.15) is 0 Å². The smallest absolute Gasteiger partial charge is 0.161 e. The van der Waals surface area contributed by atoms with E-state index in [4.69, 9.17) is 24.7 Å². The number of nitrogens with zero attached hydrogens (tertiary/aromatic N) is 5. The van der Waals surface area contributed by atoms with Gasteiger partial charge >= 0.3 is 0 Å². The number of fused-ring (bicyclic) bond motifs is 3. The maximum Gasteiger partial charge on any atom is 0.161 e. The SMILES string of the molecule is c1ccc(-c2cc(-c3ccccc3)nc(-c3cc(-c4nc(-c5ccccc5)cc(-c5ccccc5)n4)c4cc(N5c6ccccc6Oc6ccccc65)ccc4c3)n2)cc1. The van der Waals surface area contributed by atoms with E-state index in [0.29, 0.717) is 11.6 Å². The van der Waals surface area contributed by atoms with E-state index in [9.17, 15) is 0 Å². The molecular weight excluding hydrogens is 735 g/mol. The van der Waals surface area contributed by atoms with Gasteiger partial charge in [-0.05, 0) is 71.4 Å². The molecule has 0 bridgehead atoms. The van der Waals surface area contributed by atoms with Gasteiger partial charge in [-0.3, -0.25) is 0 Å². The zero-order valence-electron chi connectivity index (χ0n) is 32.4. The minimum absolute atomic E-state index is 0.601. The summed E-state index contributed by atoms with van der Waals surface area (Å²) in [5.74, 6) is 2.80. The van der Waals surface area contributed by atoms with E-state index in [1.54, 1.807) is 0 Å². The number of ether oxygens (including phenoxy) is 1. The monoisotopic (exact) mass is 769 g/mol. The Bertz CT molecular complexity index is 3010. The van der Waals surface area contributed by atoms with E-state index < -0.39 is 0 Å². The second kappa shape index (κ2) is 14.9. The first kappa shape index (κ1) is 35.0. The van der Waals surface area contributed by atoms with Crippen molar-refractivity contribution in [1.82, 2.24) is 19.9 Å². The second-order valence-electron chi connectivity index (χ2n) is 14.7. The molecule has 0 aliphatic carbocycles. The highest BCUT2D eigenvalue weighted by molar-refractivity contribution is 6.02. The first-order valence-corrected chi connectivity index (χ1v) is 20.0. The van der Waals surface area contributed by atoms with Crippen LogP contribution >= 0.6 is 0 Å². The maximum absolute atomic E-state index is 6.39. The average molecular weight is 770 g/mol. The van der Waals surface area contributed by atoms with Crippen LogP contribution in [-0.4, -0.2) is 19.9 Å². The summed E-state index contributed by atoms with van der Waals surface area (Å²) in [4.78, 5) is 23.4. The summed E-state index contributed by atoms with van der Waals surface area (Å²) >= 11 is 0. The van der Waals surface area contributed by atoms with Crippen LogP contribution in [0.15, 0.2) is 212 Å². The van der Waals surface area contributed by atoms with Crippen LogP contribution in [0.25, 0.3) is 78.6 Å². The largest absolute Gasteiger partial charge is 0.453 e. The van der Waals surface area contributed by atoms with Gasteiger partial charge in [0, 0.05) is 39.1 Å². The van der Waals surface area contributed by atoms with Crippen LogP contribution in [0, 0.1) is 0 Å². The lowest BCUT2D eigenvalue weighted by Gasteiger charge is -2.33. The minimum atomic E-state index is 0.601. The molecule has 11 rings (SSSR count). The number of para-hydroxylation sites is 4. The molecule has 282 valence electrons. The first-order valence-electron chi connectivity index (χ1n) is 20.0. The van der Waals surface area contributed by atoms with Crippen LogP contribution in [0.4, 0.5) is 17.1 Å². The Hall–Kier alpha value is -8.22. The molecule has 0 unspecified atom stereocenters. The molecule has 0 radical (unpaired) electrons. The highest BCUT2D eigenvalue weighted by atomic mass is 16.5. The van der Waals surface area contributed by atoms with Crippen LogP contribution in [-0.2, 0) is 0 Å². The van der Waals surface area contributed by atoms with Crippen molar-refractivity contribution in [3.05, 3.63) is 212 Å². The van der Waals surface area contributed by atoms with Gasteiger partial charge in [-0.25, -0.2) is 19.9 Å². The molecule has 6 nitrogen and oxygen atoms in total. The zero-order valence-corrected chi connectivity index (χ0v) is 32.4. The average Bonchev–Trinajstić information content (AvgIpc) is 3.33. The van der Waals surface area contributed by atoms with Gasteiger partial charge in [-0.15, -0.1) is 0 Å². The van der Waals surface area contributed by atoms with Crippen molar-refractivity contribution >= 4 is 27.8 Å². The number of anilines is 3. The number of hydrogen-bond acceptors (Lipinski definition) is 6. The molecule has 2 aromatic heterocycles. The molecule has 8 aromatic carbocycles. The van der Waals surface area contributed by atoms with E-state index in [0.717, 1.165) is 95.5 Å². The fourth-order valence-corrected chi connectivity index (χ4v) is 7.95. The molecule has 10 aromatic rings. The Kier molecular flexibility index (Phi) is 8.71. The first-order chi connectivity index (χ1) is 29.7. The van der Waals surface area contributed by atoms with Crippen molar-refractivity contribution < 1.29 is 4.74 Å². The van der Waals surface area contributed by atoms with E-state index in [1.165, 1.54) is 0 Å². The molecule has 0 saturated heterocycles. The third kappa shape index (κ3) is 6.52. The molecule has 1 aliphatic heterocycles. The van der Waals surface area contributed by atoms with Gasteiger partial charge in [-0.1, -0.05) is 152 Å². The predicted octanol–water partition coefficient (Wildman–Crippen LogP) is 14.0. The van der Waals surface area contributed by atoms with Crippen molar-refractivity contribution in [2.75, 3.05) is 4.90 Å². The Labute approximate surface area is 347 Å².